The Kier molecular flexibility index (Phi) is 5.87. The molecule has 110 valence electrons. The average Bonchev–Trinajstić information content (AvgIpc) is 2.37. The zero-order valence-electron chi connectivity index (χ0n) is 10.2. The summed E-state index contributed by atoms with van der Waals surface area (Å²) >= 11 is 1.01. The second-order valence-electron chi connectivity index (χ2n) is 3.85. The Morgan fingerprint density at radius 3 is 2.60 bits per heavy atom. The van der Waals surface area contributed by atoms with Crippen molar-refractivity contribution in [1.82, 2.24) is 5.32 Å². The molecule has 0 aromatic heterocycles. The molecule has 1 rings (SSSR count). The van der Waals surface area contributed by atoms with Crippen LogP contribution in [0.3, 0.4) is 0 Å². The van der Waals surface area contributed by atoms with Crippen LogP contribution in [0.15, 0.2) is 24.3 Å². The Morgan fingerprint density at radius 2 is 2.05 bits per heavy atom. The molecule has 1 unspecified atom stereocenters. The molecule has 0 aliphatic heterocycles. The van der Waals surface area contributed by atoms with E-state index in [0.717, 1.165) is 17.8 Å². The van der Waals surface area contributed by atoms with Gasteiger partial charge >= 0.3 is 12.1 Å². The van der Waals surface area contributed by atoms with Crippen molar-refractivity contribution in [3.8, 4) is 0 Å². The van der Waals surface area contributed by atoms with Crippen LogP contribution in [-0.4, -0.2) is 29.3 Å². The number of hydrogen-bond acceptors (Lipinski definition) is 3. The minimum absolute atomic E-state index is 0.0136. The lowest BCUT2D eigenvalue weighted by Crippen LogP contribution is -2.37. The van der Waals surface area contributed by atoms with Gasteiger partial charge in [-0.15, -0.1) is 0 Å². The van der Waals surface area contributed by atoms with Crippen LogP contribution in [0.4, 0.5) is 13.2 Å². The third kappa shape index (κ3) is 4.76. The van der Waals surface area contributed by atoms with Crippen LogP contribution >= 0.6 is 11.8 Å². The third-order valence-electron chi connectivity index (χ3n) is 2.43. The molecule has 0 bridgehead atoms. The molecule has 8 heteroatoms. The fourth-order valence-electron chi connectivity index (χ4n) is 1.48. The lowest BCUT2D eigenvalue weighted by molar-refractivity contribution is -0.140. The molecule has 0 heterocycles. The highest BCUT2D eigenvalue weighted by Crippen LogP contribution is 2.33. The maximum Gasteiger partial charge on any atom is 0.416 e. The van der Waals surface area contributed by atoms with E-state index >= 15 is 0 Å². The van der Waals surface area contributed by atoms with Gasteiger partial charge in [-0.25, -0.2) is 4.79 Å². The van der Waals surface area contributed by atoms with Gasteiger partial charge in [0.15, 0.2) is 0 Å². The molecule has 4 nitrogen and oxygen atoms in total. The number of carboxylic acids is 1. The van der Waals surface area contributed by atoms with Crippen LogP contribution in [0.2, 0.25) is 0 Å². The lowest BCUT2D eigenvalue weighted by Gasteiger charge is -2.14. The molecule has 1 amide bonds. The topological polar surface area (TPSA) is 66.4 Å². The zero-order chi connectivity index (χ0) is 15.2. The van der Waals surface area contributed by atoms with Crippen molar-refractivity contribution in [2.45, 2.75) is 18.0 Å². The number of halogens is 3. The summed E-state index contributed by atoms with van der Waals surface area (Å²) in [6.07, 6.45) is -4.19. The van der Waals surface area contributed by atoms with Gasteiger partial charge in [0.05, 0.1) is 5.56 Å². The summed E-state index contributed by atoms with van der Waals surface area (Å²) < 4.78 is 38.2. The van der Waals surface area contributed by atoms with E-state index < -0.39 is 23.8 Å². The molecular weight excluding hydrogens is 295 g/mol. The number of hydrogen-bond donors (Lipinski definition) is 2. The quantitative estimate of drug-likeness (QED) is 0.757. The van der Waals surface area contributed by atoms with Crippen molar-refractivity contribution >= 4 is 24.1 Å². The van der Waals surface area contributed by atoms with E-state index in [4.69, 9.17) is 5.11 Å². The monoisotopic (exact) mass is 307 g/mol. The molecule has 0 fully saturated rings. The molecule has 20 heavy (non-hydrogen) atoms. The summed E-state index contributed by atoms with van der Waals surface area (Å²) in [6.45, 7) is 0. The molecule has 0 aliphatic carbocycles. The molecule has 0 aliphatic rings. The van der Waals surface area contributed by atoms with E-state index in [0.29, 0.717) is 0 Å². The SMILES string of the molecule is O=CNC(CSCc1ccccc1C(F)(F)F)C(=O)O. The van der Waals surface area contributed by atoms with Gasteiger partial charge in [-0.1, -0.05) is 18.2 Å². The average molecular weight is 307 g/mol. The molecule has 0 radical (unpaired) electrons. The normalized spacial score (nSPS) is 12.8. The van der Waals surface area contributed by atoms with Crippen molar-refractivity contribution < 1.29 is 27.9 Å². The standard InChI is InChI=1S/C12H12F3NO3S/c13-12(14,15)9-4-2-1-3-8(9)5-20-6-10(11(18)19)16-7-17/h1-4,7,10H,5-6H2,(H,16,17)(H,18,19). The summed E-state index contributed by atoms with van der Waals surface area (Å²) in [4.78, 5) is 20.9. The number of amides is 1. The van der Waals surface area contributed by atoms with E-state index in [9.17, 15) is 22.8 Å². The first-order valence-electron chi connectivity index (χ1n) is 5.51. The van der Waals surface area contributed by atoms with E-state index in [1.165, 1.54) is 18.2 Å². The van der Waals surface area contributed by atoms with Crippen LogP contribution in [-0.2, 0) is 21.5 Å². The predicted molar refractivity (Wildman–Crippen MR) is 68.2 cm³/mol. The zero-order valence-corrected chi connectivity index (χ0v) is 11.0. The number of carbonyl (C=O) groups excluding carboxylic acids is 1. The Hall–Kier alpha value is -1.70. The highest BCUT2D eigenvalue weighted by molar-refractivity contribution is 7.98. The molecule has 0 saturated heterocycles. The molecule has 0 spiro atoms. The van der Waals surface area contributed by atoms with E-state index in [1.54, 1.807) is 0 Å². The molecule has 1 aromatic carbocycles. The first-order valence-corrected chi connectivity index (χ1v) is 6.67. The third-order valence-corrected chi connectivity index (χ3v) is 3.52. The Balaban J connectivity index is 2.66. The van der Waals surface area contributed by atoms with Crippen molar-refractivity contribution in [2.75, 3.05) is 5.75 Å². The fraction of sp³-hybridized carbons (Fsp3) is 0.333. The van der Waals surface area contributed by atoms with E-state index in [2.05, 4.69) is 5.32 Å². The highest BCUT2D eigenvalue weighted by atomic mass is 32.2. The van der Waals surface area contributed by atoms with Gasteiger partial charge in [0.2, 0.25) is 6.41 Å². The lowest BCUT2D eigenvalue weighted by atomic mass is 10.1. The van der Waals surface area contributed by atoms with Crippen LogP contribution in [0, 0.1) is 0 Å². The summed E-state index contributed by atoms with van der Waals surface area (Å²) in [5.41, 5.74) is -0.650. The number of thioether (sulfide) groups is 1. The van der Waals surface area contributed by atoms with Crippen LogP contribution in [0.25, 0.3) is 0 Å². The smallest absolute Gasteiger partial charge is 0.416 e. The largest absolute Gasteiger partial charge is 0.480 e. The van der Waals surface area contributed by atoms with Gasteiger partial charge in [-0.05, 0) is 11.6 Å². The second-order valence-corrected chi connectivity index (χ2v) is 4.88. The second kappa shape index (κ2) is 7.18. The summed E-state index contributed by atoms with van der Waals surface area (Å²) in [5, 5.41) is 10.9. The first-order chi connectivity index (χ1) is 9.36. The van der Waals surface area contributed by atoms with Gasteiger partial charge in [0.1, 0.15) is 6.04 Å². The molecule has 0 saturated carbocycles. The Morgan fingerprint density at radius 1 is 1.40 bits per heavy atom. The van der Waals surface area contributed by atoms with Crippen molar-refractivity contribution in [2.24, 2.45) is 0 Å². The number of carboxylic acid groups (broad SMARTS) is 1. The minimum atomic E-state index is -4.44. The van der Waals surface area contributed by atoms with Gasteiger partial charge in [-0.3, -0.25) is 4.79 Å². The van der Waals surface area contributed by atoms with Crippen molar-refractivity contribution in [1.29, 1.82) is 0 Å². The minimum Gasteiger partial charge on any atom is -0.480 e. The number of rotatable bonds is 7. The molecular formula is C12H12F3NO3S. The summed E-state index contributed by atoms with van der Waals surface area (Å²) in [7, 11) is 0. The molecule has 1 aromatic rings. The number of carbonyl (C=O) groups is 2. The van der Waals surface area contributed by atoms with Crippen LogP contribution in [0.1, 0.15) is 11.1 Å². The van der Waals surface area contributed by atoms with Crippen LogP contribution < -0.4 is 5.32 Å². The van der Waals surface area contributed by atoms with Crippen molar-refractivity contribution in [3.05, 3.63) is 35.4 Å². The Labute approximate surface area is 117 Å². The molecule has 1 atom stereocenters. The number of benzene rings is 1. The maximum atomic E-state index is 12.7. The van der Waals surface area contributed by atoms with Gasteiger partial charge in [0, 0.05) is 11.5 Å². The summed E-state index contributed by atoms with van der Waals surface area (Å²) in [6, 6.07) is 4.00. The van der Waals surface area contributed by atoms with Gasteiger partial charge in [-0.2, -0.15) is 24.9 Å². The van der Waals surface area contributed by atoms with E-state index in [-0.39, 0.29) is 23.5 Å². The Bertz CT molecular complexity index is 479. The number of nitrogens with one attached hydrogen (secondary N) is 1. The van der Waals surface area contributed by atoms with E-state index in [1.807, 2.05) is 0 Å². The summed E-state index contributed by atoms with van der Waals surface area (Å²) in [5.74, 6) is -1.23. The maximum absolute atomic E-state index is 12.7. The van der Waals surface area contributed by atoms with Crippen molar-refractivity contribution in [3.63, 3.8) is 0 Å². The van der Waals surface area contributed by atoms with Crippen LogP contribution in [0.5, 0.6) is 0 Å². The first kappa shape index (κ1) is 16.4. The van der Waals surface area contributed by atoms with Gasteiger partial charge in [0.25, 0.3) is 0 Å². The predicted octanol–water partition coefficient (Wildman–Crippen LogP) is 2.14. The molecule has 2 N–H and O–H groups in total. The highest BCUT2D eigenvalue weighted by Gasteiger charge is 2.32. The number of aliphatic carboxylic acids is 1. The van der Waals surface area contributed by atoms with Gasteiger partial charge < -0.3 is 10.4 Å². The number of alkyl halides is 3. The fourth-order valence-corrected chi connectivity index (χ4v) is 2.55.